The van der Waals surface area contributed by atoms with Gasteiger partial charge in [-0.15, -0.1) is 0 Å². The van der Waals surface area contributed by atoms with Crippen molar-refractivity contribution in [1.82, 2.24) is 0 Å². The van der Waals surface area contributed by atoms with Gasteiger partial charge in [-0.05, 0) is 43.3 Å². The monoisotopic (exact) mass is 384 g/mol. The number of hydrogen-bond acceptors (Lipinski definition) is 3. The summed E-state index contributed by atoms with van der Waals surface area (Å²) in [4.78, 5) is 12.4. The van der Waals surface area contributed by atoms with Crippen LogP contribution in [-0.2, 0) is 4.43 Å². The molecule has 2 rings (SSSR count). The van der Waals surface area contributed by atoms with E-state index in [0.717, 1.165) is 4.47 Å². The van der Waals surface area contributed by atoms with Gasteiger partial charge in [0.2, 0.25) is 0 Å². The van der Waals surface area contributed by atoms with E-state index in [1.54, 1.807) is 0 Å². The van der Waals surface area contributed by atoms with Crippen molar-refractivity contribution in [2.75, 3.05) is 6.61 Å². The van der Waals surface area contributed by atoms with Gasteiger partial charge in [0, 0.05) is 4.47 Å². The fourth-order valence-corrected chi connectivity index (χ4v) is 3.64. The van der Waals surface area contributed by atoms with E-state index in [4.69, 9.17) is 9.16 Å². The minimum absolute atomic E-state index is 0.115. The van der Waals surface area contributed by atoms with Crippen molar-refractivity contribution in [3.63, 3.8) is 0 Å². The van der Waals surface area contributed by atoms with Crippen LogP contribution in [0, 0.1) is 0 Å². The summed E-state index contributed by atoms with van der Waals surface area (Å²) in [7, 11) is -1.86. The second-order valence-electron chi connectivity index (χ2n) is 7.84. The molecular formula is C17H25BrO3Si. The van der Waals surface area contributed by atoms with Gasteiger partial charge in [-0.2, -0.15) is 0 Å². The molecule has 1 aliphatic rings. The van der Waals surface area contributed by atoms with E-state index in [1.165, 1.54) is 0 Å². The molecule has 0 saturated heterocycles. The number of carbonyl (C=O) groups is 1. The van der Waals surface area contributed by atoms with Gasteiger partial charge in [-0.25, -0.2) is 0 Å². The molecule has 0 amide bonds. The molecule has 1 unspecified atom stereocenters. The van der Waals surface area contributed by atoms with Crippen molar-refractivity contribution in [1.29, 1.82) is 0 Å². The number of ketones is 1. The summed E-state index contributed by atoms with van der Waals surface area (Å²) in [5.41, 5.74) is 0.0622. The van der Waals surface area contributed by atoms with Crippen LogP contribution in [0.15, 0.2) is 22.7 Å². The van der Waals surface area contributed by atoms with Crippen LogP contribution in [0.4, 0.5) is 0 Å². The van der Waals surface area contributed by atoms with Crippen LogP contribution in [0.3, 0.4) is 0 Å². The molecule has 1 aromatic carbocycles. The van der Waals surface area contributed by atoms with E-state index in [-0.39, 0.29) is 10.8 Å². The smallest absolute Gasteiger partial charge is 0.192 e. The average Bonchev–Trinajstić information content (AvgIpc) is 2.37. The maximum atomic E-state index is 12.4. The number of fused-ring (bicyclic) bond motifs is 1. The fraction of sp³-hybridized carbons (Fsp3) is 0.588. The van der Waals surface area contributed by atoms with E-state index >= 15 is 0 Å². The highest BCUT2D eigenvalue weighted by Gasteiger charge is 2.42. The summed E-state index contributed by atoms with van der Waals surface area (Å²) in [6.07, 6.45) is 0.352. The second kappa shape index (κ2) is 5.76. The first-order valence-electron chi connectivity index (χ1n) is 7.59. The lowest BCUT2D eigenvalue weighted by molar-refractivity contribution is 0.0148. The van der Waals surface area contributed by atoms with Gasteiger partial charge in [0.1, 0.15) is 11.4 Å². The molecule has 1 atom stereocenters. The lowest BCUT2D eigenvalue weighted by Crippen LogP contribution is -2.49. The van der Waals surface area contributed by atoms with Crippen molar-refractivity contribution in [3.8, 4) is 5.75 Å². The van der Waals surface area contributed by atoms with Gasteiger partial charge in [0.25, 0.3) is 0 Å². The Morgan fingerprint density at radius 3 is 2.59 bits per heavy atom. The first-order chi connectivity index (χ1) is 9.94. The number of carbonyl (C=O) groups excluding carboxylic acids is 1. The highest BCUT2D eigenvalue weighted by atomic mass is 79.9. The lowest BCUT2D eigenvalue weighted by atomic mass is 9.92. The van der Waals surface area contributed by atoms with Crippen LogP contribution < -0.4 is 4.74 Å². The third-order valence-corrected chi connectivity index (χ3v) is 9.65. The zero-order valence-corrected chi connectivity index (χ0v) is 16.8. The Morgan fingerprint density at radius 1 is 1.36 bits per heavy atom. The lowest BCUT2D eigenvalue weighted by Gasteiger charge is -2.41. The molecule has 0 aromatic heterocycles. The summed E-state index contributed by atoms with van der Waals surface area (Å²) < 4.78 is 13.3. The molecule has 0 N–H and O–H groups in total. The van der Waals surface area contributed by atoms with Crippen molar-refractivity contribution in [2.45, 2.75) is 57.8 Å². The van der Waals surface area contributed by atoms with E-state index in [9.17, 15) is 4.79 Å². The molecule has 1 aliphatic heterocycles. The number of ether oxygens (including phenoxy) is 1. The van der Waals surface area contributed by atoms with E-state index < -0.39 is 13.9 Å². The zero-order chi connectivity index (χ0) is 16.8. The summed E-state index contributed by atoms with van der Waals surface area (Å²) in [6.45, 7) is 13.5. The Balaban J connectivity index is 2.16. The molecule has 122 valence electrons. The molecule has 1 heterocycles. The van der Waals surface area contributed by atoms with Gasteiger partial charge < -0.3 is 9.16 Å². The van der Waals surface area contributed by atoms with Crippen LogP contribution in [0.2, 0.25) is 18.1 Å². The minimum Gasteiger partial charge on any atom is -0.484 e. The standard InChI is InChI=1S/C17H25BrO3Si/c1-16(2,3)22(5,6)20-11-17(4)10-14(19)13-9-12(18)7-8-15(13)21-17/h7-9H,10-11H2,1-6H3. The Morgan fingerprint density at radius 2 is 2.00 bits per heavy atom. The maximum Gasteiger partial charge on any atom is 0.192 e. The molecule has 0 aliphatic carbocycles. The third kappa shape index (κ3) is 3.63. The molecule has 0 saturated carbocycles. The molecule has 0 bridgehead atoms. The molecule has 0 radical (unpaired) electrons. The Kier molecular flexibility index (Phi) is 4.64. The molecule has 0 spiro atoms. The number of rotatable bonds is 3. The van der Waals surface area contributed by atoms with Crippen LogP contribution in [0.1, 0.15) is 44.5 Å². The van der Waals surface area contributed by atoms with Gasteiger partial charge in [0.05, 0.1) is 18.6 Å². The van der Waals surface area contributed by atoms with Gasteiger partial charge >= 0.3 is 0 Å². The summed E-state index contributed by atoms with van der Waals surface area (Å²) >= 11 is 3.40. The fourth-order valence-electron chi connectivity index (χ4n) is 2.18. The molecule has 1 aromatic rings. The molecule has 5 heteroatoms. The van der Waals surface area contributed by atoms with Crippen molar-refractivity contribution >= 4 is 30.0 Å². The summed E-state index contributed by atoms with van der Waals surface area (Å²) in [6, 6.07) is 5.57. The number of halogens is 1. The highest BCUT2D eigenvalue weighted by molar-refractivity contribution is 9.10. The summed E-state index contributed by atoms with van der Waals surface area (Å²) in [5.74, 6) is 0.768. The largest absolute Gasteiger partial charge is 0.484 e. The summed E-state index contributed by atoms with van der Waals surface area (Å²) in [5, 5.41) is 0.144. The van der Waals surface area contributed by atoms with E-state index in [0.29, 0.717) is 24.3 Å². The van der Waals surface area contributed by atoms with Gasteiger partial charge in [0.15, 0.2) is 14.1 Å². The maximum absolute atomic E-state index is 12.4. The van der Waals surface area contributed by atoms with Crippen LogP contribution in [0.25, 0.3) is 0 Å². The van der Waals surface area contributed by atoms with E-state index in [2.05, 4.69) is 49.8 Å². The van der Waals surface area contributed by atoms with Crippen LogP contribution in [-0.4, -0.2) is 26.3 Å². The second-order valence-corrected chi connectivity index (χ2v) is 13.6. The first-order valence-corrected chi connectivity index (χ1v) is 11.3. The minimum atomic E-state index is -1.86. The average molecular weight is 385 g/mol. The number of Topliss-reactive ketones (excluding diaryl/α,β-unsaturated/α-hetero) is 1. The first kappa shape index (κ1) is 17.7. The van der Waals surface area contributed by atoms with Gasteiger partial charge in [-0.3, -0.25) is 4.79 Å². The Labute approximate surface area is 142 Å². The Hall–Kier alpha value is -0.653. The zero-order valence-electron chi connectivity index (χ0n) is 14.2. The van der Waals surface area contributed by atoms with Crippen LogP contribution in [0.5, 0.6) is 5.75 Å². The molecule has 3 nitrogen and oxygen atoms in total. The number of benzene rings is 1. The predicted octanol–water partition coefficient (Wildman–Crippen LogP) is 5.19. The third-order valence-electron chi connectivity index (χ3n) is 4.68. The molecule has 0 fully saturated rings. The SMILES string of the molecule is CC1(CO[Si](C)(C)C(C)(C)C)CC(=O)c2cc(Br)ccc2O1. The highest BCUT2D eigenvalue weighted by Crippen LogP contribution is 2.39. The van der Waals surface area contributed by atoms with Gasteiger partial charge in [-0.1, -0.05) is 36.7 Å². The van der Waals surface area contributed by atoms with E-state index in [1.807, 2.05) is 25.1 Å². The van der Waals surface area contributed by atoms with Crippen LogP contribution >= 0.6 is 15.9 Å². The number of hydrogen-bond donors (Lipinski definition) is 0. The Bertz CT molecular complexity index is 592. The topological polar surface area (TPSA) is 35.5 Å². The van der Waals surface area contributed by atoms with Crippen molar-refractivity contribution < 1.29 is 14.0 Å². The van der Waals surface area contributed by atoms with Crippen molar-refractivity contribution in [2.24, 2.45) is 0 Å². The quantitative estimate of drug-likeness (QED) is 0.672. The normalized spacial score (nSPS) is 22.2. The molecular weight excluding hydrogens is 360 g/mol. The van der Waals surface area contributed by atoms with Crippen molar-refractivity contribution in [3.05, 3.63) is 28.2 Å². The molecule has 22 heavy (non-hydrogen) atoms. The predicted molar refractivity (Wildman–Crippen MR) is 95.3 cm³/mol.